The molecular formula is C15H12ClF2NO2. The average molecular weight is 312 g/mol. The summed E-state index contributed by atoms with van der Waals surface area (Å²) in [4.78, 5) is 10.9. The quantitative estimate of drug-likeness (QED) is 0.874. The Morgan fingerprint density at radius 1 is 1.19 bits per heavy atom. The van der Waals surface area contributed by atoms with E-state index in [0.717, 1.165) is 11.6 Å². The molecule has 0 heterocycles. The summed E-state index contributed by atoms with van der Waals surface area (Å²) in [6.45, 7) is 1.80. The lowest BCUT2D eigenvalue weighted by atomic mass is 10.1. The first-order valence-corrected chi connectivity index (χ1v) is 6.50. The Bertz CT molecular complexity index is 691. The molecule has 0 saturated heterocycles. The summed E-state index contributed by atoms with van der Waals surface area (Å²) in [5.74, 6) is -2.65. The van der Waals surface area contributed by atoms with Crippen molar-refractivity contribution in [1.82, 2.24) is 0 Å². The molecule has 21 heavy (non-hydrogen) atoms. The van der Waals surface area contributed by atoms with E-state index in [1.54, 1.807) is 13.0 Å². The molecule has 2 aromatic rings. The van der Waals surface area contributed by atoms with E-state index < -0.39 is 23.2 Å². The van der Waals surface area contributed by atoms with E-state index in [1.807, 2.05) is 0 Å². The van der Waals surface area contributed by atoms with Crippen LogP contribution in [0.2, 0.25) is 5.02 Å². The second kappa shape index (κ2) is 6.10. The zero-order valence-corrected chi connectivity index (χ0v) is 11.8. The third-order valence-electron chi connectivity index (χ3n) is 3.02. The van der Waals surface area contributed by atoms with Gasteiger partial charge in [0.15, 0.2) is 0 Å². The van der Waals surface area contributed by atoms with Crippen LogP contribution in [0.4, 0.5) is 14.5 Å². The second-order valence-corrected chi connectivity index (χ2v) is 4.95. The zero-order valence-electron chi connectivity index (χ0n) is 11.0. The fourth-order valence-corrected chi connectivity index (χ4v) is 2.08. The molecule has 110 valence electrons. The lowest BCUT2D eigenvalue weighted by Crippen LogP contribution is -2.08. The Kier molecular flexibility index (Phi) is 4.43. The number of carboxylic acids is 1. The molecule has 0 spiro atoms. The van der Waals surface area contributed by atoms with Gasteiger partial charge in [-0.15, -0.1) is 0 Å². The van der Waals surface area contributed by atoms with Crippen molar-refractivity contribution >= 4 is 23.3 Å². The highest BCUT2D eigenvalue weighted by Gasteiger charge is 2.13. The van der Waals surface area contributed by atoms with Gasteiger partial charge < -0.3 is 10.4 Å². The first-order chi connectivity index (χ1) is 9.88. The van der Waals surface area contributed by atoms with Gasteiger partial charge in [0.2, 0.25) is 0 Å². The highest BCUT2D eigenvalue weighted by atomic mass is 35.5. The molecule has 0 amide bonds. The summed E-state index contributed by atoms with van der Waals surface area (Å²) in [5, 5.41) is 11.9. The Morgan fingerprint density at radius 2 is 1.86 bits per heavy atom. The van der Waals surface area contributed by atoms with Crippen LogP contribution in [0.15, 0.2) is 36.4 Å². The van der Waals surface area contributed by atoms with Gasteiger partial charge in [0.05, 0.1) is 10.6 Å². The van der Waals surface area contributed by atoms with E-state index in [9.17, 15) is 13.6 Å². The highest BCUT2D eigenvalue weighted by Crippen LogP contribution is 2.24. The average Bonchev–Trinajstić information content (AvgIpc) is 2.43. The van der Waals surface area contributed by atoms with Gasteiger partial charge in [-0.3, -0.25) is 0 Å². The number of carboxylic acid groups (broad SMARTS) is 1. The van der Waals surface area contributed by atoms with Crippen molar-refractivity contribution < 1.29 is 18.7 Å². The predicted octanol–water partition coefficient (Wildman–Crippen LogP) is 4.49. The van der Waals surface area contributed by atoms with Gasteiger partial charge in [-0.2, -0.15) is 0 Å². The van der Waals surface area contributed by atoms with Crippen LogP contribution in [0.3, 0.4) is 0 Å². The third-order valence-corrected chi connectivity index (χ3v) is 3.31. The Morgan fingerprint density at radius 3 is 2.48 bits per heavy atom. The molecule has 1 atom stereocenters. The maximum absolute atomic E-state index is 13.3. The molecule has 0 aliphatic rings. The van der Waals surface area contributed by atoms with Gasteiger partial charge in [0.25, 0.3) is 0 Å². The molecule has 0 saturated carbocycles. The van der Waals surface area contributed by atoms with E-state index >= 15 is 0 Å². The number of halogens is 3. The van der Waals surface area contributed by atoms with E-state index in [2.05, 4.69) is 5.32 Å². The minimum Gasteiger partial charge on any atom is -0.478 e. The molecule has 2 N–H and O–H groups in total. The number of carbonyl (C=O) groups is 1. The molecule has 0 radical (unpaired) electrons. The van der Waals surface area contributed by atoms with Crippen LogP contribution in [0.5, 0.6) is 0 Å². The van der Waals surface area contributed by atoms with Gasteiger partial charge in [-0.05, 0) is 42.8 Å². The van der Waals surface area contributed by atoms with Gasteiger partial charge in [0, 0.05) is 11.7 Å². The topological polar surface area (TPSA) is 49.3 Å². The Labute approximate surface area is 125 Å². The lowest BCUT2D eigenvalue weighted by Gasteiger charge is -2.16. The molecule has 2 rings (SSSR count). The first kappa shape index (κ1) is 15.3. The van der Waals surface area contributed by atoms with Crippen LogP contribution in [0.1, 0.15) is 28.9 Å². The number of aromatic carboxylic acids is 1. The van der Waals surface area contributed by atoms with Gasteiger partial charge >= 0.3 is 5.97 Å². The number of anilines is 1. The third kappa shape index (κ3) is 3.49. The van der Waals surface area contributed by atoms with Crippen molar-refractivity contribution in [3.8, 4) is 0 Å². The number of hydrogen-bond acceptors (Lipinski definition) is 2. The summed E-state index contributed by atoms with van der Waals surface area (Å²) in [6, 6.07) is 7.77. The minimum atomic E-state index is -1.34. The van der Waals surface area contributed by atoms with E-state index in [4.69, 9.17) is 16.7 Å². The molecule has 6 heteroatoms. The number of benzene rings is 2. The molecular weight excluding hydrogens is 300 g/mol. The van der Waals surface area contributed by atoms with Crippen molar-refractivity contribution in [3.05, 3.63) is 64.2 Å². The van der Waals surface area contributed by atoms with Gasteiger partial charge in [-0.25, -0.2) is 13.6 Å². The van der Waals surface area contributed by atoms with Crippen molar-refractivity contribution in [2.75, 3.05) is 5.32 Å². The largest absolute Gasteiger partial charge is 0.478 e. The standard InChI is InChI=1S/C15H12ClF2NO2/c1-8(9-2-4-14(18)12(16)6-9)19-10-3-5-13(17)11(7-10)15(20)21/h2-8,19H,1H3,(H,20,21). The van der Waals surface area contributed by atoms with Crippen molar-refractivity contribution in [3.63, 3.8) is 0 Å². The summed E-state index contributed by atoms with van der Waals surface area (Å²) < 4.78 is 26.4. The number of nitrogens with one attached hydrogen (secondary N) is 1. The SMILES string of the molecule is CC(Nc1ccc(F)c(C(=O)O)c1)c1ccc(F)c(Cl)c1. The molecule has 0 fully saturated rings. The van der Waals surface area contributed by atoms with Gasteiger partial charge in [0.1, 0.15) is 11.6 Å². The van der Waals surface area contributed by atoms with Crippen LogP contribution in [0.25, 0.3) is 0 Å². The number of rotatable bonds is 4. The van der Waals surface area contributed by atoms with E-state index in [1.165, 1.54) is 24.3 Å². The van der Waals surface area contributed by atoms with Crippen molar-refractivity contribution in [1.29, 1.82) is 0 Å². The highest BCUT2D eigenvalue weighted by molar-refractivity contribution is 6.30. The fourth-order valence-electron chi connectivity index (χ4n) is 1.89. The fraction of sp³-hybridized carbons (Fsp3) is 0.133. The molecule has 1 unspecified atom stereocenters. The summed E-state index contributed by atoms with van der Waals surface area (Å²) >= 11 is 5.72. The summed E-state index contributed by atoms with van der Waals surface area (Å²) in [5.41, 5.74) is 0.758. The molecule has 0 bridgehead atoms. The first-order valence-electron chi connectivity index (χ1n) is 6.13. The zero-order chi connectivity index (χ0) is 15.6. The van der Waals surface area contributed by atoms with Crippen LogP contribution < -0.4 is 5.32 Å². The molecule has 3 nitrogen and oxygen atoms in total. The number of hydrogen-bond donors (Lipinski definition) is 2. The lowest BCUT2D eigenvalue weighted by molar-refractivity contribution is 0.0692. The maximum Gasteiger partial charge on any atom is 0.338 e. The van der Waals surface area contributed by atoms with Gasteiger partial charge in [-0.1, -0.05) is 17.7 Å². The molecule has 0 aromatic heterocycles. The Balaban J connectivity index is 2.23. The smallest absolute Gasteiger partial charge is 0.338 e. The van der Waals surface area contributed by atoms with Crippen LogP contribution in [-0.4, -0.2) is 11.1 Å². The van der Waals surface area contributed by atoms with Crippen LogP contribution in [0, 0.1) is 11.6 Å². The van der Waals surface area contributed by atoms with E-state index in [-0.39, 0.29) is 11.1 Å². The monoisotopic (exact) mass is 311 g/mol. The second-order valence-electron chi connectivity index (χ2n) is 4.54. The van der Waals surface area contributed by atoms with E-state index in [0.29, 0.717) is 5.69 Å². The maximum atomic E-state index is 13.3. The Hall–Kier alpha value is -2.14. The molecule has 2 aromatic carbocycles. The predicted molar refractivity (Wildman–Crippen MR) is 76.8 cm³/mol. The molecule has 0 aliphatic heterocycles. The summed E-state index contributed by atoms with van der Waals surface area (Å²) in [7, 11) is 0. The van der Waals surface area contributed by atoms with Crippen molar-refractivity contribution in [2.45, 2.75) is 13.0 Å². The van der Waals surface area contributed by atoms with Crippen LogP contribution in [-0.2, 0) is 0 Å². The van der Waals surface area contributed by atoms with Crippen molar-refractivity contribution in [2.24, 2.45) is 0 Å². The summed E-state index contributed by atoms with van der Waals surface area (Å²) in [6.07, 6.45) is 0. The van der Waals surface area contributed by atoms with Crippen LogP contribution >= 0.6 is 11.6 Å². The molecule has 0 aliphatic carbocycles. The normalized spacial score (nSPS) is 12.0. The minimum absolute atomic E-state index is 0.00600.